The summed E-state index contributed by atoms with van der Waals surface area (Å²) < 4.78 is 2.15. The molecular formula is C28H30N4OS. The summed E-state index contributed by atoms with van der Waals surface area (Å²) in [5, 5.41) is 12.9. The molecule has 1 amide bonds. The first-order valence-electron chi connectivity index (χ1n) is 11.7. The quantitative estimate of drug-likeness (QED) is 0.219. The number of nitrogens with one attached hydrogen (secondary N) is 1. The Kier molecular flexibility index (Phi) is 8.52. The van der Waals surface area contributed by atoms with Crippen LogP contribution in [0.2, 0.25) is 0 Å². The van der Waals surface area contributed by atoms with Crippen LogP contribution in [-0.4, -0.2) is 20.7 Å². The third-order valence-electron chi connectivity index (χ3n) is 5.59. The summed E-state index contributed by atoms with van der Waals surface area (Å²) in [5.41, 5.74) is 4.70. The van der Waals surface area contributed by atoms with Crippen LogP contribution in [0.1, 0.15) is 41.8 Å². The number of thioether (sulfide) groups is 1. The van der Waals surface area contributed by atoms with Gasteiger partial charge in [0.05, 0.1) is 0 Å². The van der Waals surface area contributed by atoms with Crippen molar-refractivity contribution in [3.63, 3.8) is 0 Å². The van der Waals surface area contributed by atoms with Crippen LogP contribution in [0.3, 0.4) is 0 Å². The molecule has 0 saturated heterocycles. The van der Waals surface area contributed by atoms with E-state index in [1.807, 2.05) is 48.5 Å². The molecule has 1 aromatic heterocycles. The van der Waals surface area contributed by atoms with Gasteiger partial charge < -0.3 is 5.32 Å². The van der Waals surface area contributed by atoms with Crippen molar-refractivity contribution in [1.82, 2.24) is 20.1 Å². The van der Waals surface area contributed by atoms with Crippen LogP contribution in [0, 0.1) is 6.92 Å². The summed E-state index contributed by atoms with van der Waals surface area (Å²) in [6, 6.07) is 28.8. The van der Waals surface area contributed by atoms with Crippen LogP contribution in [0.4, 0.5) is 0 Å². The number of unbranched alkanes of at least 4 members (excludes halogenated alkanes) is 1. The molecular weight excluding hydrogens is 440 g/mol. The number of hydrogen-bond donors (Lipinski definition) is 1. The molecule has 0 bridgehead atoms. The van der Waals surface area contributed by atoms with E-state index in [1.165, 1.54) is 11.1 Å². The Labute approximate surface area is 205 Å². The lowest BCUT2D eigenvalue weighted by molar-refractivity contribution is -0.121. The van der Waals surface area contributed by atoms with E-state index >= 15 is 0 Å². The highest BCUT2D eigenvalue weighted by Gasteiger charge is 2.14. The third kappa shape index (κ3) is 6.81. The maximum atomic E-state index is 12.2. The van der Waals surface area contributed by atoms with Gasteiger partial charge in [-0.05, 0) is 43.0 Å². The summed E-state index contributed by atoms with van der Waals surface area (Å²) in [6.07, 6.45) is 2.99. The monoisotopic (exact) mass is 470 g/mol. The van der Waals surface area contributed by atoms with E-state index in [0.29, 0.717) is 13.0 Å². The van der Waals surface area contributed by atoms with Gasteiger partial charge in [-0.15, -0.1) is 10.2 Å². The van der Waals surface area contributed by atoms with Crippen LogP contribution in [0.5, 0.6) is 0 Å². The molecule has 1 heterocycles. The minimum atomic E-state index is 0.0859. The fourth-order valence-electron chi connectivity index (χ4n) is 3.68. The van der Waals surface area contributed by atoms with Crippen molar-refractivity contribution in [1.29, 1.82) is 0 Å². The van der Waals surface area contributed by atoms with E-state index < -0.39 is 0 Å². The standard InChI is InChI=1S/C28H30N4OS/c1-22-16-18-24(19-17-22)21-34-28-31-30-26(32(28)25-12-6-3-7-13-25)14-8-9-15-27(33)29-20-23-10-4-2-5-11-23/h2-7,10-13,16-19H,8-9,14-15,20-21H2,1H3,(H,29,33). The lowest BCUT2D eigenvalue weighted by Crippen LogP contribution is -2.22. The zero-order valence-electron chi connectivity index (χ0n) is 19.5. The molecule has 0 atom stereocenters. The number of rotatable bonds is 11. The Balaban J connectivity index is 1.33. The first kappa shape index (κ1) is 23.8. The molecule has 0 spiro atoms. The Bertz CT molecular complexity index is 1170. The first-order chi connectivity index (χ1) is 16.7. The zero-order valence-corrected chi connectivity index (χ0v) is 20.3. The Morgan fingerprint density at radius 3 is 2.29 bits per heavy atom. The highest BCUT2D eigenvalue weighted by Crippen LogP contribution is 2.26. The minimum absolute atomic E-state index is 0.0859. The Morgan fingerprint density at radius 2 is 1.56 bits per heavy atom. The number of aryl methyl sites for hydroxylation is 2. The third-order valence-corrected chi connectivity index (χ3v) is 6.59. The van der Waals surface area contributed by atoms with E-state index in [2.05, 4.69) is 63.4 Å². The molecule has 0 fully saturated rings. The van der Waals surface area contributed by atoms with Crippen LogP contribution >= 0.6 is 11.8 Å². The van der Waals surface area contributed by atoms with Gasteiger partial charge in [0, 0.05) is 30.8 Å². The van der Waals surface area contributed by atoms with Gasteiger partial charge in [0.2, 0.25) is 5.91 Å². The molecule has 0 aliphatic rings. The number of aromatic nitrogens is 3. The highest BCUT2D eigenvalue weighted by molar-refractivity contribution is 7.98. The minimum Gasteiger partial charge on any atom is -0.352 e. The second-order valence-corrected chi connectivity index (χ2v) is 9.26. The normalized spacial score (nSPS) is 10.9. The van der Waals surface area contributed by atoms with Gasteiger partial charge >= 0.3 is 0 Å². The molecule has 0 aliphatic heterocycles. The zero-order chi connectivity index (χ0) is 23.6. The molecule has 6 heteroatoms. The molecule has 0 radical (unpaired) electrons. The first-order valence-corrected chi connectivity index (χ1v) is 12.7. The van der Waals surface area contributed by atoms with Gasteiger partial charge in [0.15, 0.2) is 5.16 Å². The summed E-state index contributed by atoms with van der Waals surface area (Å²) in [4.78, 5) is 12.2. The molecule has 3 aromatic carbocycles. The molecule has 4 aromatic rings. The van der Waals surface area contributed by atoms with Crippen molar-refractivity contribution in [2.45, 2.75) is 50.1 Å². The summed E-state index contributed by atoms with van der Waals surface area (Å²) in [5.74, 6) is 1.86. The van der Waals surface area contributed by atoms with E-state index in [9.17, 15) is 4.79 Å². The van der Waals surface area contributed by atoms with Crippen LogP contribution in [0.25, 0.3) is 5.69 Å². The van der Waals surface area contributed by atoms with Crippen molar-refractivity contribution in [2.24, 2.45) is 0 Å². The summed E-state index contributed by atoms with van der Waals surface area (Å²) >= 11 is 1.70. The van der Waals surface area contributed by atoms with Crippen molar-refractivity contribution < 1.29 is 4.79 Å². The van der Waals surface area contributed by atoms with Gasteiger partial charge in [0.25, 0.3) is 0 Å². The molecule has 34 heavy (non-hydrogen) atoms. The smallest absolute Gasteiger partial charge is 0.220 e. The average molecular weight is 471 g/mol. The Morgan fingerprint density at radius 1 is 0.853 bits per heavy atom. The van der Waals surface area contributed by atoms with Crippen molar-refractivity contribution in [2.75, 3.05) is 0 Å². The van der Waals surface area contributed by atoms with Crippen molar-refractivity contribution in [3.05, 3.63) is 107 Å². The summed E-state index contributed by atoms with van der Waals surface area (Å²) in [6.45, 7) is 2.67. The second-order valence-electron chi connectivity index (χ2n) is 8.31. The van der Waals surface area contributed by atoms with Gasteiger partial charge in [0.1, 0.15) is 5.82 Å². The number of amides is 1. The molecule has 0 saturated carbocycles. The predicted octanol–water partition coefficient (Wildman–Crippen LogP) is 5.90. The maximum Gasteiger partial charge on any atom is 0.220 e. The van der Waals surface area contributed by atoms with Gasteiger partial charge in [-0.1, -0.05) is 90.1 Å². The van der Waals surface area contributed by atoms with Crippen molar-refractivity contribution in [3.8, 4) is 5.69 Å². The predicted molar refractivity (Wildman–Crippen MR) is 138 cm³/mol. The Hall–Kier alpha value is -3.38. The van der Waals surface area contributed by atoms with Crippen LogP contribution in [-0.2, 0) is 23.5 Å². The van der Waals surface area contributed by atoms with E-state index in [-0.39, 0.29) is 5.91 Å². The lowest BCUT2D eigenvalue weighted by atomic mass is 10.1. The van der Waals surface area contributed by atoms with Gasteiger partial charge in [-0.25, -0.2) is 0 Å². The molecule has 0 unspecified atom stereocenters. The van der Waals surface area contributed by atoms with Gasteiger partial charge in [-0.2, -0.15) is 0 Å². The largest absolute Gasteiger partial charge is 0.352 e. The van der Waals surface area contributed by atoms with Crippen LogP contribution < -0.4 is 5.32 Å². The number of para-hydroxylation sites is 1. The van der Waals surface area contributed by atoms with Crippen LogP contribution in [0.15, 0.2) is 90.1 Å². The summed E-state index contributed by atoms with van der Waals surface area (Å²) in [7, 11) is 0. The second kappa shape index (κ2) is 12.2. The lowest BCUT2D eigenvalue weighted by Gasteiger charge is -2.10. The topological polar surface area (TPSA) is 59.8 Å². The van der Waals surface area contributed by atoms with Crippen molar-refractivity contribution >= 4 is 17.7 Å². The molecule has 174 valence electrons. The number of benzene rings is 3. The maximum absolute atomic E-state index is 12.2. The number of nitrogens with zero attached hydrogens (tertiary/aromatic N) is 3. The molecule has 5 nitrogen and oxygen atoms in total. The SMILES string of the molecule is Cc1ccc(CSc2nnc(CCCCC(=O)NCc3ccccc3)n2-c2ccccc2)cc1. The molecule has 1 N–H and O–H groups in total. The molecule has 4 rings (SSSR count). The van der Waals surface area contributed by atoms with E-state index in [1.54, 1.807) is 11.8 Å². The van der Waals surface area contributed by atoms with E-state index in [0.717, 1.165) is 47.2 Å². The highest BCUT2D eigenvalue weighted by atomic mass is 32.2. The van der Waals surface area contributed by atoms with Gasteiger partial charge in [-0.3, -0.25) is 9.36 Å². The number of carbonyl (C=O) groups is 1. The number of hydrogen-bond acceptors (Lipinski definition) is 4. The molecule has 0 aliphatic carbocycles. The average Bonchev–Trinajstić information content (AvgIpc) is 3.29. The fourth-order valence-corrected chi connectivity index (χ4v) is 4.60. The fraction of sp³-hybridized carbons (Fsp3) is 0.250. The number of carbonyl (C=O) groups excluding carboxylic acids is 1. The van der Waals surface area contributed by atoms with E-state index in [4.69, 9.17) is 0 Å².